The first-order valence-corrected chi connectivity index (χ1v) is 3.58. The molecule has 0 aliphatic rings. The number of rotatable bonds is 1. The Labute approximate surface area is 68.2 Å². The van der Waals surface area contributed by atoms with Crippen LogP contribution in [-0.2, 0) is 6.61 Å². The lowest BCUT2D eigenvalue weighted by Gasteiger charge is -1.98. The van der Waals surface area contributed by atoms with Crippen LogP contribution in [0.2, 0.25) is 0 Å². The van der Waals surface area contributed by atoms with Crippen molar-refractivity contribution in [1.29, 1.82) is 0 Å². The summed E-state index contributed by atoms with van der Waals surface area (Å²) in [5.41, 5.74) is 0.890. The highest BCUT2D eigenvalue weighted by Gasteiger charge is 2.07. The van der Waals surface area contributed by atoms with Gasteiger partial charge in [-0.1, -0.05) is 0 Å². The first-order valence-electron chi connectivity index (χ1n) is 3.58. The van der Waals surface area contributed by atoms with E-state index in [4.69, 9.17) is 9.52 Å². The fraction of sp³-hybridized carbons (Fsp3) is 0.111. The van der Waals surface area contributed by atoms with E-state index in [9.17, 15) is 4.39 Å². The highest BCUT2D eigenvalue weighted by Crippen LogP contribution is 2.22. The molecule has 0 atom stereocenters. The number of furan rings is 1. The largest absolute Gasteiger partial charge is 0.464 e. The Morgan fingerprint density at radius 2 is 2.17 bits per heavy atom. The molecule has 2 aromatic rings. The van der Waals surface area contributed by atoms with Gasteiger partial charge in [-0.15, -0.1) is 0 Å². The molecule has 0 bridgehead atoms. The molecule has 1 N–H and O–H groups in total. The number of hydrogen-bond acceptors (Lipinski definition) is 2. The second-order valence-corrected chi connectivity index (χ2v) is 2.52. The quantitative estimate of drug-likeness (QED) is 0.703. The van der Waals surface area contributed by atoms with Gasteiger partial charge >= 0.3 is 0 Å². The van der Waals surface area contributed by atoms with E-state index in [0.717, 1.165) is 0 Å². The molecule has 0 saturated heterocycles. The van der Waals surface area contributed by atoms with Crippen molar-refractivity contribution in [2.75, 3.05) is 0 Å². The maximum absolute atomic E-state index is 13.0. The van der Waals surface area contributed by atoms with Crippen LogP contribution in [0, 0.1) is 5.82 Å². The minimum absolute atomic E-state index is 0.293. The molecule has 0 spiro atoms. The minimum atomic E-state index is -0.397. The number of hydrogen-bond donors (Lipinski definition) is 1. The van der Waals surface area contributed by atoms with E-state index in [-0.39, 0.29) is 6.61 Å². The third-order valence-electron chi connectivity index (χ3n) is 1.85. The van der Waals surface area contributed by atoms with Gasteiger partial charge in [0.15, 0.2) is 0 Å². The molecule has 2 rings (SSSR count). The van der Waals surface area contributed by atoms with Crippen molar-refractivity contribution in [2.24, 2.45) is 0 Å². The van der Waals surface area contributed by atoms with Gasteiger partial charge in [0.1, 0.15) is 11.4 Å². The van der Waals surface area contributed by atoms with Gasteiger partial charge in [0.25, 0.3) is 0 Å². The number of halogens is 1. The average molecular weight is 166 g/mol. The Bertz CT molecular complexity index is 406. The van der Waals surface area contributed by atoms with Crippen LogP contribution >= 0.6 is 0 Å². The summed E-state index contributed by atoms with van der Waals surface area (Å²) in [5, 5.41) is 9.49. The van der Waals surface area contributed by atoms with Crippen LogP contribution in [0.4, 0.5) is 4.39 Å². The van der Waals surface area contributed by atoms with E-state index in [2.05, 4.69) is 0 Å². The molecule has 0 amide bonds. The molecule has 0 unspecified atom stereocenters. The van der Waals surface area contributed by atoms with Gasteiger partial charge in [-0.2, -0.15) is 0 Å². The van der Waals surface area contributed by atoms with E-state index in [0.29, 0.717) is 16.5 Å². The topological polar surface area (TPSA) is 33.4 Å². The van der Waals surface area contributed by atoms with Crippen LogP contribution < -0.4 is 0 Å². The van der Waals surface area contributed by atoms with E-state index >= 15 is 0 Å². The lowest BCUT2D eigenvalue weighted by Crippen LogP contribution is -1.89. The van der Waals surface area contributed by atoms with Gasteiger partial charge < -0.3 is 9.52 Å². The van der Waals surface area contributed by atoms with Crippen molar-refractivity contribution >= 4 is 11.0 Å². The fourth-order valence-corrected chi connectivity index (χ4v) is 1.24. The Balaban J connectivity index is 2.83. The molecular weight excluding hydrogens is 159 g/mol. The van der Waals surface area contributed by atoms with Crippen molar-refractivity contribution in [3.8, 4) is 0 Å². The molecule has 3 heteroatoms. The molecule has 0 aliphatic heterocycles. The van der Waals surface area contributed by atoms with Crippen LogP contribution in [0.25, 0.3) is 11.0 Å². The van der Waals surface area contributed by atoms with E-state index in [1.54, 1.807) is 12.1 Å². The molecule has 62 valence electrons. The van der Waals surface area contributed by atoms with Crippen molar-refractivity contribution in [1.82, 2.24) is 0 Å². The van der Waals surface area contributed by atoms with Gasteiger partial charge in [-0.05, 0) is 18.2 Å². The van der Waals surface area contributed by atoms with Gasteiger partial charge in [-0.25, -0.2) is 4.39 Å². The molecule has 1 heterocycles. The maximum atomic E-state index is 13.0. The molecule has 0 fully saturated rings. The average Bonchev–Trinajstić information content (AvgIpc) is 2.52. The summed E-state index contributed by atoms with van der Waals surface area (Å²) in [6, 6.07) is 4.48. The zero-order valence-electron chi connectivity index (χ0n) is 6.25. The standard InChI is InChI=1S/C9H7FO2/c10-8-1-2-9-6(3-4-12-9)7(8)5-11/h1-4,11H,5H2. The van der Waals surface area contributed by atoms with Crippen molar-refractivity contribution in [2.45, 2.75) is 6.61 Å². The number of fused-ring (bicyclic) bond motifs is 1. The second-order valence-electron chi connectivity index (χ2n) is 2.52. The maximum Gasteiger partial charge on any atom is 0.134 e. The lowest BCUT2D eigenvalue weighted by atomic mass is 10.1. The van der Waals surface area contributed by atoms with Gasteiger partial charge in [0.2, 0.25) is 0 Å². The Morgan fingerprint density at radius 1 is 1.33 bits per heavy atom. The summed E-state index contributed by atoms with van der Waals surface area (Å²) < 4.78 is 18.0. The second kappa shape index (κ2) is 2.60. The van der Waals surface area contributed by atoms with E-state index in [1.165, 1.54) is 12.3 Å². The molecule has 12 heavy (non-hydrogen) atoms. The van der Waals surface area contributed by atoms with Crippen LogP contribution in [0.1, 0.15) is 5.56 Å². The summed E-state index contributed by atoms with van der Waals surface area (Å²) in [4.78, 5) is 0. The zero-order chi connectivity index (χ0) is 8.55. The highest BCUT2D eigenvalue weighted by atomic mass is 19.1. The summed E-state index contributed by atoms with van der Waals surface area (Å²) in [6.45, 7) is -0.303. The Kier molecular flexibility index (Phi) is 1.59. The summed E-state index contributed by atoms with van der Waals surface area (Å²) in [7, 11) is 0. The van der Waals surface area contributed by atoms with E-state index < -0.39 is 5.82 Å². The minimum Gasteiger partial charge on any atom is -0.464 e. The third kappa shape index (κ3) is 0.905. The van der Waals surface area contributed by atoms with Crippen LogP contribution in [0.15, 0.2) is 28.9 Å². The van der Waals surface area contributed by atoms with Gasteiger partial charge in [0, 0.05) is 10.9 Å². The smallest absolute Gasteiger partial charge is 0.134 e. The number of aliphatic hydroxyl groups excluding tert-OH is 1. The zero-order valence-corrected chi connectivity index (χ0v) is 6.25. The molecule has 0 aliphatic carbocycles. The molecule has 2 nitrogen and oxygen atoms in total. The third-order valence-corrected chi connectivity index (χ3v) is 1.85. The summed E-state index contributed by atoms with van der Waals surface area (Å²) in [5.74, 6) is -0.397. The molecule has 0 radical (unpaired) electrons. The molecular formula is C9H7FO2. The first-order chi connectivity index (χ1) is 5.83. The highest BCUT2D eigenvalue weighted by molar-refractivity contribution is 5.80. The molecule has 0 saturated carbocycles. The lowest BCUT2D eigenvalue weighted by molar-refractivity contribution is 0.277. The summed E-state index contributed by atoms with van der Waals surface area (Å²) in [6.07, 6.45) is 1.48. The summed E-state index contributed by atoms with van der Waals surface area (Å²) >= 11 is 0. The predicted octanol–water partition coefficient (Wildman–Crippen LogP) is 2.06. The monoisotopic (exact) mass is 166 g/mol. The molecule has 1 aromatic heterocycles. The predicted molar refractivity (Wildman–Crippen MR) is 42.1 cm³/mol. The normalized spacial score (nSPS) is 10.8. The Hall–Kier alpha value is -1.35. The van der Waals surface area contributed by atoms with E-state index in [1.807, 2.05) is 0 Å². The number of benzene rings is 1. The Morgan fingerprint density at radius 3 is 2.92 bits per heavy atom. The van der Waals surface area contributed by atoms with Crippen LogP contribution in [-0.4, -0.2) is 5.11 Å². The SMILES string of the molecule is OCc1c(F)ccc2occc12. The molecule has 1 aromatic carbocycles. The fourth-order valence-electron chi connectivity index (χ4n) is 1.24. The first kappa shape index (κ1) is 7.31. The van der Waals surface area contributed by atoms with Gasteiger partial charge in [-0.3, -0.25) is 0 Å². The number of aliphatic hydroxyl groups is 1. The van der Waals surface area contributed by atoms with Crippen LogP contribution in [0.3, 0.4) is 0 Å². The van der Waals surface area contributed by atoms with Crippen LogP contribution in [0.5, 0.6) is 0 Å². The van der Waals surface area contributed by atoms with Crippen molar-refractivity contribution in [3.63, 3.8) is 0 Å². The van der Waals surface area contributed by atoms with Crippen molar-refractivity contribution in [3.05, 3.63) is 35.8 Å². The van der Waals surface area contributed by atoms with Crippen molar-refractivity contribution < 1.29 is 13.9 Å². The van der Waals surface area contributed by atoms with Gasteiger partial charge in [0.05, 0.1) is 12.9 Å².